The van der Waals surface area contributed by atoms with Crippen LogP contribution >= 0.6 is 11.3 Å². The number of hydrogen-bond acceptors (Lipinski definition) is 4. The fourth-order valence-corrected chi connectivity index (χ4v) is 3.37. The fourth-order valence-electron chi connectivity index (χ4n) is 2.55. The second-order valence-electron chi connectivity index (χ2n) is 5.82. The van der Waals surface area contributed by atoms with E-state index in [2.05, 4.69) is 42.7 Å². The molecule has 1 aromatic heterocycles. The van der Waals surface area contributed by atoms with E-state index in [1.807, 2.05) is 24.3 Å². The Balaban J connectivity index is 1.89. The van der Waals surface area contributed by atoms with E-state index in [0.717, 1.165) is 21.8 Å². The predicted octanol–water partition coefficient (Wildman–Crippen LogP) is 4.95. The van der Waals surface area contributed by atoms with E-state index in [4.69, 9.17) is 10.2 Å². The number of carbonyl (C=O) groups excluding carboxylic acids is 1. The largest absolute Gasteiger partial charge is 0.325 e. The van der Waals surface area contributed by atoms with E-state index in [-0.39, 0.29) is 12.3 Å². The third kappa shape index (κ3) is 3.93. The molecule has 1 heterocycles. The molecule has 0 saturated heterocycles. The minimum absolute atomic E-state index is 0.155. The lowest BCUT2D eigenvalue weighted by Gasteiger charge is -2.05. The van der Waals surface area contributed by atoms with Gasteiger partial charge in [-0.2, -0.15) is 5.26 Å². The van der Waals surface area contributed by atoms with Gasteiger partial charge >= 0.3 is 0 Å². The van der Waals surface area contributed by atoms with Gasteiger partial charge in [-0.3, -0.25) is 4.79 Å². The van der Waals surface area contributed by atoms with Crippen molar-refractivity contribution in [2.75, 3.05) is 5.32 Å². The van der Waals surface area contributed by atoms with E-state index >= 15 is 0 Å². The van der Waals surface area contributed by atoms with E-state index in [0.29, 0.717) is 5.69 Å². The number of aryl methyl sites for hydroxylation is 2. The molecule has 0 atom stereocenters. The summed E-state index contributed by atoms with van der Waals surface area (Å²) in [7, 11) is 0. The molecule has 3 rings (SSSR count). The lowest BCUT2D eigenvalue weighted by Crippen LogP contribution is -2.09. The first-order chi connectivity index (χ1) is 12.1. The third-order valence-corrected chi connectivity index (χ3v) is 4.70. The smallest absolute Gasteiger partial charge is 0.238 e. The molecule has 25 heavy (non-hydrogen) atoms. The molecule has 0 saturated carbocycles. The molecular formula is C20H17N3OS. The fraction of sp³-hybridized carbons (Fsp3) is 0.150. The summed E-state index contributed by atoms with van der Waals surface area (Å²) in [5, 5.41) is 14.3. The maximum Gasteiger partial charge on any atom is 0.238 e. The highest BCUT2D eigenvalue weighted by molar-refractivity contribution is 7.13. The second-order valence-corrected chi connectivity index (χ2v) is 6.68. The topological polar surface area (TPSA) is 65.8 Å². The molecule has 0 radical (unpaired) electrons. The number of nitrogens with one attached hydrogen (secondary N) is 1. The van der Waals surface area contributed by atoms with E-state index < -0.39 is 0 Å². The summed E-state index contributed by atoms with van der Waals surface area (Å²) in [6.45, 7) is 4.16. The Hall–Kier alpha value is -2.97. The average molecular weight is 347 g/mol. The van der Waals surface area contributed by atoms with Gasteiger partial charge in [0.15, 0.2) is 0 Å². The lowest BCUT2D eigenvalue weighted by molar-refractivity contribution is -0.115. The van der Waals surface area contributed by atoms with Gasteiger partial charge in [-0.05, 0) is 37.6 Å². The van der Waals surface area contributed by atoms with Gasteiger partial charge in [0.2, 0.25) is 5.91 Å². The quantitative estimate of drug-likeness (QED) is 0.726. The van der Waals surface area contributed by atoms with Crippen LogP contribution in [-0.2, 0) is 4.79 Å². The highest BCUT2D eigenvalue weighted by Gasteiger charge is 2.10. The Morgan fingerprint density at radius 2 is 2.08 bits per heavy atom. The first-order valence-corrected chi connectivity index (χ1v) is 8.75. The van der Waals surface area contributed by atoms with Gasteiger partial charge in [0.1, 0.15) is 11.4 Å². The zero-order valence-corrected chi connectivity index (χ0v) is 14.9. The Bertz CT molecular complexity index is 969. The monoisotopic (exact) mass is 347 g/mol. The van der Waals surface area contributed by atoms with Crippen LogP contribution in [0.3, 0.4) is 0 Å². The Labute approximate surface area is 150 Å². The number of anilines is 1. The summed E-state index contributed by atoms with van der Waals surface area (Å²) < 4.78 is 0. The van der Waals surface area contributed by atoms with Crippen molar-refractivity contribution in [3.63, 3.8) is 0 Å². The van der Waals surface area contributed by atoms with Crippen molar-refractivity contribution >= 4 is 22.9 Å². The molecule has 5 heteroatoms. The summed E-state index contributed by atoms with van der Waals surface area (Å²) in [6, 6.07) is 15.7. The van der Waals surface area contributed by atoms with E-state index in [1.54, 1.807) is 17.4 Å². The first kappa shape index (κ1) is 16.9. The molecule has 124 valence electrons. The van der Waals surface area contributed by atoms with Crippen LogP contribution in [0.15, 0.2) is 47.8 Å². The Kier molecular flexibility index (Phi) is 4.92. The molecule has 0 bridgehead atoms. The van der Waals surface area contributed by atoms with Crippen LogP contribution in [0.4, 0.5) is 5.69 Å². The minimum Gasteiger partial charge on any atom is -0.325 e. The van der Waals surface area contributed by atoms with Gasteiger partial charge in [-0.1, -0.05) is 29.8 Å². The zero-order valence-electron chi connectivity index (χ0n) is 14.0. The summed E-state index contributed by atoms with van der Waals surface area (Å²) in [4.78, 5) is 16.3. The molecule has 4 nitrogen and oxygen atoms in total. The number of nitriles is 1. The van der Waals surface area contributed by atoms with Gasteiger partial charge < -0.3 is 5.32 Å². The maximum atomic E-state index is 11.6. The van der Waals surface area contributed by atoms with Crippen molar-refractivity contribution in [3.05, 3.63) is 59.0 Å². The van der Waals surface area contributed by atoms with Gasteiger partial charge in [0, 0.05) is 22.2 Å². The minimum atomic E-state index is -0.310. The number of nitrogens with zero attached hydrogens (tertiary/aromatic N) is 2. The van der Waals surface area contributed by atoms with Crippen molar-refractivity contribution in [1.29, 1.82) is 5.26 Å². The van der Waals surface area contributed by atoms with Crippen LogP contribution in [0, 0.1) is 25.2 Å². The average Bonchev–Trinajstić information content (AvgIpc) is 3.07. The molecule has 1 N–H and O–H groups in total. The van der Waals surface area contributed by atoms with Crippen molar-refractivity contribution < 1.29 is 4.79 Å². The van der Waals surface area contributed by atoms with Crippen LogP contribution in [0.5, 0.6) is 0 Å². The summed E-state index contributed by atoms with van der Waals surface area (Å²) in [6.07, 6.45) is -0.155. The van der Waals surface area contributed by atoms with Gasteiger partial charge in [0.25, 0.3) is 0 Å². The normalized spacial score (nSPS) is 10.3. The molecular weight excluding hydrogens is 330 g/mol. The summed E-state index contributed by atoms with van der Waals surface area (Å²) in [5.74, 6) is -0.310. The number of benzene rings is 2. The summed E-state index contributed by atoms with van der Waals surface area (Å²) in [5.41, 5.74) is 6.11. The Morgan fingerprint density at radius 3 is 2.88 bits per heavy atom. The van der Waals surface area contributed by atoms with Gasteiger partial charge in [-0.15, -0.1) is 11.3 Å². The summed E-state index contributed by atoms with van der Waals surface area (Å²) >= 11 is 1.57. The molecule has 3 aromatic rings. The van der Waals surface area contributed by atoms with Crippen molar-refractivity contribution in [1.82, 2.24) is 4.98 Å². The highest BCUT2D eigenvalue weighted by Crippen LogP contribution is 2.32. The van der Waals surface area contributed by atoms with Gasteiger partial charge in [-0.25, -0.2) is 4.98 Å². The van der Waals surface area contributed by atoms with Crippen LogP contribution < -0.4 is 5.32 Å². The van der Waals surface area contributed by atoms with Crippen molar-refractivity contribution in [3.8, 4) is 27.9 Å². The number of carbonyl (C=O) groups is 1. The van der Waals surface area contributed by atoms with E-state index in [9.17, 15) is 4.79 Å². The second kappa shape index (κ2) is 7.29. The maximum absolute atomic E-state index is 11.6. The number of amides is 1. The molecule has 0 aliphatic rings. The number of hydrogen-bond donors (Lipinski definition) is 1. The van der Waals surface area contributed by atoms with Crippen LogP contribution in [0.25, 0.3) is 21.8 Å². The standard InChI is InChI=1S/C20H17N3OS/c1-13-6-7-14(2)17(10-13)18-12-25-20(23-18)15-4-3-5-16(11-15)22-19(24)8-9-21/h3-7,10-12H,8H2,1-2H3,(H,22,24). The van der Waals surface area contributed by atoms with E-state index in [1.165, 1.54) is 11.1 Å². The highest BCUT2D eigenvalue weighted by atomic mass is 32.1. The molecule has 0 spiro atoms. The number of aromatic nitrogens is 1. The van der Waals surface area contributed by atoms with Crippen molar-refractivity contribution in [2.45, 2.75) is 20.3 Å². The van der Waals surface area contributed by atoms with Crippen molar-refractivity contribution in [2.24, 2.45) is 0 Å². The SMILES string of the molecule is Cc1ccc(C)c(-c2csc(-c3cccc(NC(=O)CC#N)c3)n2)c1. The predicted molar refractivity (Wildman–Crippen MR) is 101 cm³/mol. The molecule has 0 fully saturated rings. The van der Waals surface area contributed by atoms with Crippen LogP contribution in [-0.4, -0.2) is 10.9 Å². The zero-order chi connectivity index (χ0) is 17.8. The van der Waals surface area contributed by atoms with Crippen LogP contribution in [0.2, 0.25) is 0 Å². The lowest BCUT2D eigenvalue weighted by atomic mass is 10.0. The molecule has 2 aromatic carbocycles. The molecule has 0 aliphatic heterocycles. The number of rotatable bonds is 4. The molecule has 0 aliphatic carbocycles. The third-order valence-electron chi connectivity index (χ3n) is 3.81. The first-order valence-electron chi connectivity index (χ1n) is 7.87. The van der Waals surface area contributed by atoms with Gasteiger partial charge in [0.05, 0.1) is 11.8 Å². The molecule has 1 amide bonds. The van der Waals surface area contributed by atoms with Crippen LogP contribution in [0.1, 0.15) is 17.5 Å². The Morgan fingerprint density at radius 1 is 1.24 bits per heavy atom. The number of thiazole rings is 1. The molecule has 0 unspecified atom stereocenters.